The third-order valence-corrected chi connectivity index (χ3v) is 5.25. The summed E-state index contributed by atoms with van der Waals surface area (Å²) in [6.45, 7) is 3.21. The fourth-order valence-electron chi connectivity index (χ4n) is 2.65. The van der Waals surface area contributed by atoms with Crippen LogP contribution in [-0.4, -0.2) is 0 Å². The molecule has 134 valence electrons. The van der Waals surface area contributed by atoms with Crippen LogP contribution < -0.4 is 10.1 Å². The number of halogens is 3. The van der Waals surface area contributed by atoms with Crippen LogP contribution in [0.15, 0.2) is 69.6 Å². The molecule has 26 heavy (non-hydrogen) atoms. The van der Waals surface area contributed by atoms with Crippen molar-refractivity contribution in [1.29, 1.82) is 0 Å². The van der Waals surface area contributed by atoms with Crippen LogP contribution in [0.1, 0.15) is 16.7 Å². The number of nitrogens with one attached hydrogen (secondary N) is 1. The minimum absolute atomic E-state index is 0.457. The van der Waals surface area contributed by atoms with E-state index in [4.69, 9.17) is 16.3 Å². The van der Waals surface area contributed by atoms with Crippen LogP contribution in [0.25, 0.3) is 0 Å². The van der Waals surface area contributed by atoms with Crippen molar-refractivity contribution in [1.82, 2.24) is 0 Å². The first-order chi connectivity index (χ1) is 12.5. The topological polar surface area (TPSA) is 21.3 Å². The molecule has 0 bridgehead atoms. The van der Waals surface area contributed by atoms with Gasteiger partial charge in [-0.15, -0.1) is 0 Å². The summed E-state index contributed by atoms with van der Waals surface area (Å²) < 4.78 is 8.03. The monoisotopic (exact) mass is 493 g/mol. The van der Waals surface area contributed by atoms with Gasteiger partial charge in [0.2, 0.25) is 0 Å². The van der Waals surface area contributed by atoms with E-state index >= 15 is 0 Å². The molecule has 0 aromatic heterocycles. The van der Waals surface area contributed by atoms with Crippen LogP contribution in [0.4, 0.5) is 5.69 Å². The summed E-state index contributed by atoms with van der Waals surface area (Å²) in [4.78, 5) is 0. The zero-order chi connectivity index (χ0) is 18.5. The quantitative estimate of drug-likeness (QED) is 0.386. The summed E-state index contributed by atoms with van der Waals surface area (Å²) in [5.74, 6) is 0.828. The Kier molecular flexibility index (Phi) is 6.63. The standard InChI is InChI=1S/C21H18Br2ClNO/c1-14-5-2-3-8-20(14)25-12-16-10-17(22)11-19(23)21(16)26-13-15-6-4-7-18(24)9-15/h2-11,25H,12-13H2,1H3. The van der Waals surface area contributed by atoms with Gasteiger partial charge in [-0.1, -0.05) is 57.9 Å². The Hall–Kier alpha value is -1.49. The predicted molar refractivity (Wildman–Crippen MR) is 116 cm³/mol. The van der Waals surface area contributed by atoms with Gasteiger partial charge in [-0.05, 0) is 64.3 Å². The summed E-state index contributed by atoms with van der Waals surface area (Å²) in [6.07, 6.45) is 0. The Balaban J connectivity index is 1.79. The SMILES string of the molecule is Cc1ccccc1NCc1cc(Br)cc(Br)c1OCc1cccc(Cl)c1. The van der Waals surface area contributed by atoms with Crippen LogP contribution in [-0.2, 0) is 13.2 Å². The lowest BCUT2D eigenvalue weighted by Crippen LogP contribution is -2.05. The molecule has 0 radical (unpaired) electrons. The Morgan fingerprint density at radius 2 is 1.81 bits per heavy atom. The van der Waals surface area contributed by atoms with Crippen LogP contribution in [0.3, 0.4) is 0 Å². The highest BCUT2D eigenvalue weighted by atomic mass is 79.9. The highest BCUT2D eigenvalue weighted by molar-refractivity contribution is 9.11. The van der Waals surface area contributed by atoms with Crippen molar-refractivity contribution in [3.05, 3.63) is 91.3 Å². The number of hydrogen-bond acceptors (Lipinski definition) is 2. The molecule has 3 aromatic carbocycles. The molecule has 0 amide bonds. The van der Waals surface area contributed by atoms with Crippen molar-refractivity contribution in [2.24, 2.45) is 0 Å². The third kappa shape index (κ3) is 5.03. The molecule has 1 N–H and O–H groups in total. The fraction of sp³-hybridized carbons (Fsp3) is 0.143. The van der Waals surface area contributed by atoms with Gasteiger partial charge in [0.05, 0.1) is 4.47 Å². The normalized spacial score (nSPS) is 10.6. The zero-order valence-corrected chi connectivity index (χ0v) is 18.2. The average Bonchev–Trinajstić information content (AvgIpc) is 2.60. The maximum absolute atomic E-state index is 6.12. The number of aryl methyl sites for hydroxylation is 1. The Morgan fingerprint density at radius 3 is 2.58 bits per heavy atom. The third-order valence-electron chi connectivity index (χ3n) is 3.97. The van der Waals surface area contributed by atoms with Crippen LogP contribution in [0.2, 0.25) is 5.02 Å². The lowest BCUT2D eigenvalue weighted by atomic mass is 10.1. The van der Waals surface area contributed by atoms with E-state index in [1.807, 2.05) is 42.5 Å². The number of rotatable bonds is 6. The van der Waals surface area contributed by atoms with E-state index in [1.165, 1.54) is 5.56 Å². The Bertz CT molecular complexity index is 914. The van der Waals surface area contributed by atoms with E-state index < -0.39 is 0 Å². The van der Waals surface area contributed by atoms with E-state index in [0.29, 0.717) is 18.2 Å². The van der Waals surface area contributed by atoms with Crippen molar-refractivity contribution in [3.8, 4) is 5.75 Å². The van der Waals surface area contributed by atoms with Crippen molar-refractivity contribution < 1.29 is 4.74 Å². The van der Waals surface area contributed by atoms with Gasteiger partial charge in [-0.25, -0.2) is 0 Å². The van der Waals surface area contributed by atoms with E-state index in [0.717, 1.165) is 31.5 Å². The van der Waals surface area contributed by atoms with Gasteiger partial charge < -0.3 is 10.1 Å². The molecule has 0 aliphatic heterocycles. The summed E-state index contributed by atoms with van der Waals surface area (Å²) >= 11 is 13.2. The number of anilines is 1. The Morgan fingerprint density at radius 1 is 1.00 bits per heavy atom. The zero-order valence-electron chi connectivity index (χ0n) is 14.2. The number of ether oxygens (including phenoxy) is 1. The molecule has 0 heterocycles. The molecule has 0 aliphatic rings. The molecule has 0 fully saturated rings. The lowest BCUT2D eigenvalue weighted by Gasteiger charge is -2.16. The number of benzene rings is 3. The van der Waals surface area contributed by atoms with Crippen LogP contribution >= 0.6 is 43.5 Å². The maximum Gasteiger partial charge on any atom is 0.139 e. The second kappa shape index (κ2) is 8.94. The van der Waals surface area contributed by atoms with Gasteiger partial charge in [-0.3, -0.25) is 0 Å². The van der Waals surface area contributed by atoms with E-state index in [1.54, 1.807) is 0 Å². The summed E-state index contributed by atoms with van der Waals surface area (Å²) in [7, 11) is 0. The average molecular weight is 496 g/mol. The van der Waals surface area contributed by atoms with Gasteiger partial charge >= 0.3 is 0 Å². The predicted octanol–water partition coefficient (Wildman–Crippen LogP) is 7.36. The molecule has 0 spiro atoms. The lowest BCUT2D eigenvalue weighted by molar-refractivity contribution is 0.301. The number of para-hydroxylation sites is 1. The number of hydrogen-bond donors (Lipinski definition) is 1. The highest BCUT2D eigenvalue weighted by Gasteiger charge is 2.11. The first kappa shape index (κ1) is 19.3. The summed E-state index contributed by atoms with van der Waals surface area (Å²) in [5.41, 5.74) is 4.43. The molecule has 0 atom stereocenters. The first-order valence-corrected chi connectivity index (χ1v) is 10.1. The second-order valence-electron chi connectivity index (χ2n) is 5.96. The smallest absolute Gasteiger partial charge is 0.139 e. The minimum atomic E-state index is 0.457. The van der Waals surface area contributed by atoms with Gasteiger partial charge in [0.1, 0.15) is 12.4 Å². The summed E-state index contributed by atoms with van der Waals surface area (Å²) in [6, 6.07) is 20.0. The minimum Gasteiger partial charge on any atom is -0.487 e. The highest BCUT2D eigenvalue weighted by Crippen LogP contribution is 2.34. The van der Waals surface area contributed by atoms with Crippen molar-refractivity contribution >= 4 is 49.1 Å². The Labute approximate surface area is 175 Å². The molecule has 3 aromatic rings. The van der Waals surface area contributed by atoms with Crippen LogP contribution in [0, 0.1) is 6.92 Å². The summed E-state index contributed by atoms with van der Waals surface area (Å²) in [5, 5.41) is 4.20. The van der Waals surface area contributed by atoms with Crippen molar-refractivity contribution in [3.63, 3.8) is 0 Å². The molecule has 0 saturated carbocycles. The molecule has 0 unspecified atom stereocenters. The molecule has 0 saturated heterocycles. The largest absolute Gasteiger partial charge is 0.487 e. The van der Waals surface area contributed by atoms with Crippen LogP contribution in [0.5, 0.6) is 5.75 Å². The van der Waals surface area contributed by atoms with Gasteiger partial charge in [0.25, 0.3) is 0 Å². The second-order valence-corrected chi connectivity index (χ2v) is 8.17. The molecule has 5 heteroatoms. The maximum atomic E-state index is 6.12. The molecule has 2 nitrogen and oxygen atoms in total. The molecular weight excluding hydrogens is 477 g/mol. The molecule has 3 rings (SSSR count). The molecular formula is C21H18Br2ClNO. The van der Waals surface area contributed by atoms with E-state index in [9.17, 15) is 0 Å². The molecule has 0 aliphatic carbocycles. The fourth-order valence-corrected chi connectivity index (χ4v) is 4.29. The van der Waals surface area contributed by atoms with Crippen molar-refractivity contribution in [2.75, 3.05) is 5.32 Å². The van der Waals surface area contributed by atoms with Gasteiger partial charge in [0, 0.05) is 27.3 Å². The first-order valence-electron chi connectivity index (χ1n) is 8.17. The van der Waals surface area contributed by atoms with Gasteiger partial charge in [-0.2, -0.15) is 0 Å². The van der Waals surface area contributed by atoms with E-state index in [-0.39, 0.29) is 0 Å². The van der Waals surface area contributed by atoms with Crippen molar-refractivity contribution in [2.45, 2.75) is 20.1 Å². The van der Waals surface area contributed by atoms with Gasteiger partial charge in [0.15, 0.2) is 0 Å². The van der Waals surface area contributed by atoms with E-state index in [2.05, 4.69) is 62.3 Å².